The molecule has 3 N–H and O–H groups in total. The van der Waals surface area contributed by atoms with Gasteiger partial charge in [-0.05, 0) is 29.3 Å². The van der Waals surface area contributed by atoms with Crippen LogP contribution in [0.2, 0.25) is 0 Å². The van der Waals surface area contributed by atoms with E-state index < -0.39 is 6.04 Å². The fraction of sp³-hybridized carbons (Fsp3) is 0.267. The fourth-order valence-electron chi connectivity index (χ4n) is 1.94. The first-order chi connectivity index (χ1) is 8.70. The molecule has 0 heterocycles. The number of amides is 1. The monoisotopic (exact) mass is 242 g/mol. The first-order valence-electron chi connectivity index (χ1n) is 6.26. The van der Waals surface area contributed by atoms with Crippen LogP contribution in [0.25, 0.3) is 10.8 Å². The molecule has 0 saturated carbocycles. The maximum Gasteiger partial charge on any atom is 0.241 e. The van der Waals surface area contributed by atoms with Crippen LogP contribution < -0.4 is 11.1 Å². The molecular formula is C15H18N2O. The molecule has 0 aliphatic heterocycles. The molecular weight excluding hydrogens is 224 g/mol. The molecule has 2 aromatic rings. The van der Waals surface area contributed by atoms with E-state index in [4.69, 9.17) is 5.73 Å². The summed E-state index contributed by atoms with van der Waals surface area (Å²) in [6, 6.07) is 13.5. The van der Waals surface area contributed by atoms with E-state index in [0.29, 0.717) is 6.42 Å². The number of rotatable bonds is 4. The Balaban J connectivity index is 2.14. The number of anilines is 1. The first-order valence-corrected chi connectivity index (χ1v) is 6.26. The highest BCUT2D eigenvalue weighted by molar-refractivity contribution is 5.97. The summed E-state index contributed by atoms with van der Waals surface area (Å²) in [7, 11) is 0. The normalized spacial score (nSPS) is 12.3. The minimum atomic E-state index is -0.429. The maximum atomic E-state index is 11.8. The zero-order valence-electron chi connectivity index (χ0n) is 10.5. The highest BCUT2D eigenvalue weighted by Crippen LogP contribution is 2.18. The van der Waals surface area contributed by atoms with Crippen LogP contribution in [0.3, 0.4) is 0 Å². The summed E-state index contributed by atoms with van der Waals surface area (Å²) < 4.78 is 0. The average Bonchev–Trinajstić information content (AvgIpc) is 2.39. The van der Waals surface area contributed by atoms with Crippen LogP contribution >= 0.6 is 0 Å². The maximum absolute atomic E-state index is 11.8. The van der Waals surface area contributed by atoms with Crippen molar-refractivity contribution in [2.24, 2.45) is 5.73 Å². The Labute approximate surface area is 107 Å². The Morgan fingerprint density at radius 3 is 2.67 bits per heavy atom. The van der Waals surface area contributed by atoms with Crippen molar-refractivity contribution in [1.29, 1.82) is 0 Å². The molecule has 3 heteroatoms. The smallest absolute Gasteiger partial charge is 0.241 e. The van der Waals surface area contributed by atoms with Crippen LogP contribution in [0, 0.1) is 0 Å². The molecule has 0 unspecified atom stereocenters. The second-order valence-electron chi connectivity index (χ2n) is 4.45. The lowest BCUT2D eigenvalue weighted by Crippen LogP contribution is -2.35. The van der Waals surface area contributed by atoms with Gasteiger partial charge in [0.25, 0.3) is 0 Å². The van der Waals surface area contributed by atoms with Crippen molar-refractivity contribution in [3.63, 3.8) is 0 Å². The number of hydrogen-bond acceptors (Lipinski definition) is 2. The van der Waals surface area contributed by atoms with Gasteiger partial charge in [0.15, 0.2) is 0 Å². The van der Waals surface area contributed by atoms with Gasteiger partial charge in [0.1, 0.15) is 0 Å². The van der Waals surface area contributed by atoms with Crippen LogP contribution in [0.5, 0.6) is 0 Å². The second kappa shape index (κ2) is 5.65. The topological polar surface area (TPSA) is 55.1 Å². The van der Waals surface area contributed by atoms with E-state index in [9.17, 15) is 4.79 Å². The summed E-state index contributed by atoms with van der Waals surface area (Å²) in [6.07, 6.45) is 1.62. The minimum Gasteiger partial charge on any atom is -0.325 e. The lowest BCUT2D eigenvalue weighted by Gasteiger charge is -2.11. The van der Waals surface area contributed by atoms with Crippen molar-refractivity contribution >= 4 is 22.4 Å². The second-order valence-corrected chi connectivity index (χ2v) is 4.45. The molecule has 1 amide bonds. The molecule has 0 radical (unpaired) electrons. The lowest BCUT2D eigenvalue weighted by atomic mass is 10.1. The molecule has 94 valence electrons. The minimum absolute atomic E-state index is 0.118. The highest BCUT2D eigenvalue weighted by Gasteiger charge is 2.12. The van der Waals surface area contributed by atoms with E-state index in [1.807, 2.05) is 49.4 Å². The first kappa shape index (κ1) is 12.6. The Hall–Kier alpha value is -1.87. The quantitative estimate of drug-likeness (QED) is 0.866. The average molecular weight is 242 g/mol. The molecule has 0 aliphatic rings. The van der Waals surface area contributed by atoms with Gasteiger partial charge in [0.05, 0.1) is 6.04 Å². The molecule has 0 fully saturated rings. The molecule has 0 aromatic heterocycles. The van der Waals surface area contributed by atoms with Crippen LogP contribution in [0.1, 0.15) is 19.8 Å². The Bertz CT molecular complexity index is 551. The van der Waals surface area contributed by atoms with E-state index in [2.05, 4.69) is 5.32 Å². The lowest BCUT2D eigenvalue weighted by molar-refractivity contribution is -0.117. The SMILES string of the molecule is CCC[C@@H](N)C(=O)Nc1ccc2ccccc2c1. The highest BCUT2D eigenvalue weighted by atomic mass is 16.2. The van der Waals surface area contributed by atoms with Crippen molar-refractivity contribution in [2.75, 3.05) is 5.32 Å². The number of carbonyl (C=O) groups excluding carboxylic acids is 1. The molecule has 0 saturated heterocycles. The van der Waals surface area contributed by atoms with Crippen LogP contribution in [0.15, 0.2) is 42.5 Å². The number of carbonyl (C=O) groups is 1. The standard InChI is InChI=1S/C15H18N2O/c1-2-5-14(16)15(18)17-13-9-8-11-6-3-4-7-12(11)10-13/h3-4,6-10,14H,2,5,16H2,1H3,(H,17,18)/t14-/m1/s1. The predicted molar refractivity (Wildman–Crippen MR) is 75.5 cm³/mol. The molecule has 0 spiro atoms. The third-order valence-corrected chi connectivity index (χ3v) is 2.95. The third kappa shape index (κ3) is 2.87. The van der Waals surface area contributed by atoms with E-state index in [1.165, 1.54) is 0 Å². The van der Waals surface area contributed by atoms with Gasteiger partial charge in [-0.25, -0.2) is 0 Å². The van der Waals surface area contributed by atoms with Crippen molar-refractivity contribution in [1.82, 2.24) is 0 Å². The summed E-state index contributed by atoms with van der Waals surface area (Å²) in [5.74, 6) is -0.118. The number of nitrogens with two attached hydrogens (primary N) is 1. The zero-order chi connectivity index (χ0) is 13.0. The number of nitrogens with one attached hydrogen (secondary N) is 1. The summed E-state index contributed by atoms with van der Waals surface area (Å²) in [4.78, 5) is 11.8. The number of benzene rings is 2. The molecule has 3 nitrogen and oxygen atoms in total. The largest absolute Gasteiger partial charge is 0.325 e. The van der Waals surface area contributed by atoms with E-state index in [1.54, 1.807) is 0 Å². The zero-order valence-corrected chi connectivity index (χ0v) is 10.5. The molecule has 0 aliphatic carbocycles. The van der Waals surface area contributed by atoms with E-state index >= 15 is 0 Å². The number of fused-ring (bicyclic) bond motifs is 1. The van der Waals surface area contributed by atoms with Crippen LogP contribution in [-0.2, 0) is 4.79 Å². The van der Waals surface area contributed by atoms with Gasteiger partial charge >= 0.3 is 0 Å². The Morgan fingerprint density at radius 2 is 1.94 bits per heavy atom. The third-order valence-electron chi connectivity index (χ3n) is 2.95. The molecule has 2 aromatic carbocycles. The number of hydrogen-bond donors (Lipinski definition) is 2. The van der Waals surface area contributed by atoms with E-state index in [-0.39, 0.29) is 5.91 Å². The molecule has 0 bridgehead atoms. The predicted octanol–water partition coefficient (Wildman–Crippen LogP) is 2.91. The Morgan fingerprint density at radius 1 is 1.22 bits per heavy atom. The van der Waals surface area contributed by atoms with E-state index in [0.717, 1.165) is 22.9 Å². The van der Waals surface area contributed by atoms with Gasteiger partial charge in [-0.3, -0.25) is 4.79 Å². The van der Waals surface area contributed by atoms with Gasteiger partial charge in [-0.1, -0.05) is 43.7 Å². The molecule has 1 atom stereocenters. The van der Waals surface area contributed by atoms with Gasteiger partial charge in [-0.2, -0.15) is 0 Å². The Kier molecular flexibility index (Phi) is 3.95. The summed E-state index contributed by atoms with van der Waals surface area (Å²) in [5, 5.41) is 5.13. The summed E-state index contributed by atoms with van der Waals surface area (Å²) in [5.41, 5.74) is 6.57. The van der Waals surface area contributed by atoms with Crippen molar-refractivity contribution < 1.29 is 4.79 Å². The van der Waals surface area contributed by atoms with Gasteiger partial charge in [0, 0.05) is 5.69 Å². The summed E-state index contributed by atoms with van der Waals surface area (Å²) in [6.45, 7) is 2.02. The molecule has 18 heavy (non-hydrogen) atoms. The van der Waals surface area contributed by atoms with Crippen LogP contribution in [0.4, 0.5) is 5.69 Å². The fourth-order valence-corrected chi connectivity index (χ4v) is 1.94. The van der Waals surface area contributed by atoms with Crippen molar-refractivity contribution in [2.45, 2.75) is 25.8 Å². The summed E-state index contributed by atoms with van der Waals surface area (Å²) >= 11 is 0. The molecule has 2 rings (SSSR count). The van der Waals surface area contributed by atoms with Gasteiger partial charge < -0.3 is 11.1 Å². The van der Waals surface area contributed by atoms with Crippen LogP contribution in [-0.4, -0.2) is 11.9 Å². The van der Waals surface area contributed by atoms with Crippen molar-refractivity contribution in [3.8, 4) is 0 Å². The van der Waals surface area contributed by atoms with Gasteiger partial charge in [0.2, 0.25) is 5.91 Å². The van der Waals surface area contributed by atoms with Crippen molar-refractivity contribution in [3.05, 3.63) is 42.5 Å². The van der Waals surface area contributed by atoms with Gasteiger partial charge in [-0.15, -0.1) is 0 Å².